The topological polar surface area (TPSA) is 26.3 Å². The summed E-state index contributed by atoms with van der Waals surface area (Å²) in [5, 5.41) is 0. The molecule has 0 spiro atoms. The van der Waals surface area contributed by atoms with Crippen molar-refractivity contribution in [3.8, 4) is 11.8 Å². The Hall–Kier alpha value is -1.75. The summed E-state index contributed by atoms with van der Waals surface area (Å²) in [6, 6.07) is 9.60. The van der Waals surface area contributed by atoms with Gasteiger partial charge in [0.2, 0.25) is 0 Å². The van der Waals surface area contributed by atoms with Crippen LogP contribution < -0.4 is 0 Å². The van der Waals surface area contributed by atoms with Gasteiger partial charge >= 0.3 is 5.97 Å². The molecule has 0 aliphatic heterocycles. The lowest BCUT2D eigenvalue weighted by Crippen LogP contribution is -2.24. The maximum atomic E-state index is 10.8. The smallest absolute Gasteiger partial charge is 0.304 e. The van der Waals surface area contributed by atoms with Crippen LogP contribution in [-0.2, 0) is 9.53 Å². The van der Waals surface area contributed by atoms with Gasteiger partial charge < -0.3 is 4.74 Å². The van der Waals surface area contributed by atoms with Crippen LogP contribution in [0.3, 0.4) is 0 Å². The molecule has 0 atom stereocenters. The molecule has 0 fully saturated rings. The number of carbonyl (C=O) groups excluding carboxylic acids is 1. The van der Waals surface area contributed by atoms with E-state index in [-0.39, 0.29) is 5.97 Å². The van der Waals surface area contributed by atoms with Crippen molar-refractivity contribution in [1.29, 1.82) is 0 Å². The fourth-order valence-electron chi connectivity index (χ4n) is 1.13. The predicted octanol–water partition coefficient (Wildman–Crippen LogP) is 2.38. The Balaban J connectivity index is 2.77. The van der Waals surface area contributed by atoms with Crippen LogP contribution >= 0.6 is 0 Å². The zero-order valence-electron chi connectivity index (χ0n) is 9.20. The van der Waals surface area contributed by atoms with Crippen molar-refractivity contribution in [2.75, 3.05) is 0 Å². The molecule has 0 aliphatic rings. The molecule has 2 nitrogen and oxygen atoms in total. The van der Waals surface area contributed by atoms with Gasteiger partial charge in [0.05, 0.1) is 0 Å². The minimum absolute atomic E-state index is 0.317. The van der Waals surface area contributed by atoms with E-state index in [1.54, 1.807) is 13.8 Å². The molecule has 0 heterocycles. The van der Waals surface area contributed by atoms with Crippen molar-refractivity contribution in [2.24, 2.45) is 0 Å². The molecular formula is C13H14O2. The van der Waals surface area contributed by atoms with E-state index in [0.717, 1.165) is 5.56 Å². The molecule has 1 aromatic carbocycles. The van der Waals surface area contributed by atoms with Gasteiger partial charge in [0, 0.05) is 12.5 Å². The summed E-state index contributed by atoms with van der Waals surface area (Å²) in [6.07, 6.45) is 0. The zero-order chi connectivity index (χ0) is 11.3. The van der Waals surface area contributed by atoms with Crippen LogP contribution in [0.25, 0.3) is 0 Å². The molecule has 0 saturated carbocycles. The second-order valence-corrected chi connectivity index (χ2v) is 3.72. The molecular weight excluding hydrogens is 188 g/mol. The maximum Gasteiger partial charge on any atom is 0.304 e. The first-order chi connectivity index (χ1) is 6.99. The summed E-state index contributed by atoms with van der Waals surface area (Å²) in [6.45, 7) is 4.92. The first-order valence-corrected chi connectivity index (χ1v) is 4.77. The molecule has 0 aliphatic carbocycles. The van der Waals surface area contributed by atoms with E-state index in [9.17, 15) is 4.79 Å². The number of esters is 1. The Morgan fingerprint density at radius 2 is 1.87 bits per heavy atom. The van der Waals surface area contributed by atoms with Crippen LogP contribution in [-0.4, -0.2) is 11.6 Å². The highest BCUT2D eigenvalue weighted by atomic mass is 16.6. The summed E-state index contributed by atoms with van der Waals surface area (Å²) in [5.74, 6) is 5.56. The molecule has 0 unspecified atom stereocenters. The molecule has 0 saturated heterocycles. The summed E-state index contributed by atoms with van der Waals surface area (Å²) in [5.41, 5.74) is 0.180. The minimum atomic E-state index is -0.734. The van der Waals surface area contributed by atoms with Crippen LogP contribution in [0.15, 0.2) is 30.3 Å². The number of benzene rings is 1. The van der Waals surface area contributed by atoms with Gasteiger partial charge in [0.1, 0.15) is 0 Å². The fraction of sp³-hybridized carbons (Fsp3) is 0.308. The van der Waals surface area contributed by atoms with Gasteiger partial charge in [-0.25, -0.2) is 0 Å². The third-order valence-electron chi connectivity index (χ3n) is 1.68. The van der Waals surface area contributed by atoms with E-state index in [1.165, 1.54) is 6.92 Å². The van der Waals surface area contributed by atoms with Gasteiger partial charge in [-0.2, -0.15) is 0 Å². The lowest BCUT2D eigenvalue weighted by molar-refractivity contribution is -0.148. The number of ether oxygens (including phenoxy) is 1. The molecule has 0 radical (unpaired) electrons. The van der Waals surface area contributed by atoms with Crippen molar-refractivity contribution in [3.05, 3.63) is 35.9 Å². The molecule has 1 aromatic rings. The van der Waals surface area contributed by atoms with Gasteiger partial charge in [0.15, 0.2) is 5.60 Å². The largest absolute Gasteiger partial charge is 0.447 e. The summed E-state index contributed by atoms with van der Waals surface area (Å²) >= 11 is 0. The number of hydrogen-bond acceptors (Lipinski definition) is 2. The summed E-state index contributed by atoms with van der Waals surface area (Å²) in [4.78, 5) is 10.8. The second kappa shape index (κ2) is 4.65. The number of rotatable bonds is 1. The van der Waals surface area contributed by atoms with E-state index in [1.807, 2.05) is 30.3 Å². The monoisotopic (exact) mass is 202 g/mol. The molecule has 1 rings (SSSR count). The Kier molecular flexibility index (Phi) is 3.51. The van der Waals surface area contributed by atoms with E-state index in [2.05, 4.69) is 11.8 Å². The lowest BCUT2D eigenvalue weighted by atomic mass is 10.1. The minimum Gasteiger partial charge on any atom is -0.447 e. The van der Waals surface area contributed by atoms with Crippen LogP contribution in [0.5, 0.6) is 0 Å². The Morgan fingerprint density at radius 1 is 1.27 bits per heavy atom. The molecule has 15 heavy (non-hydrogen) atoms. The fourth-order valence-corrected chi connectivity index (χ4v) is 1.13. The first-order valence-electron chi connectivity index (χ1n) is 4.77. The molecule has 0 aromatic heterocycles. The van der Waals surface area contributed by atoms with E-state index in [0.29, 0.717) is 0 Å². The molecule has 0 bridgehead atoms. The maximum absolute atomic E-state index is 10.8. The van der Waals surface area contributed by atoms with Gasteiger partial charge in [-0.15, -0.1) is 0 Å². The number of carbonyl (C=O) groups is 1. The average molecular weight is 202 g/mol. The highest BCUT2D eigenvalue weighted by Crippen LogP contribution is 2.08. The normalized spacial score (nSPS) is 10.1. The van der Waals surface area contributed by atoms with Crippen molar-refractivity contribution >= 4 is 5.97 Å². The predicted molar refractivity (Wildman–Crippen MR) is 59.2 cm³/mol. The van der Waals surface area contributed by atoms with Gasteiger partial charge in [0.25, 0.3) is 0 Å². The van der Waals surface area contributed by atoms with Crippen molar-refractivity contribution in [1.82, 2.24) is 0 Å². The van der Waals surface area contributed by atoms with Crippen molar-refractivity contribution < 1.29 is 9.53 Å². The summed E-state index contributed by atoms with van der Waals surface area (Å²) in [7, 11) is 0. The lowest BCUT2D eigenvalue weighted by Gasteiger charge is -2.16. The third kappa shape index (κ3) is 4.33. The van der Waals surface area contributed by atoms with Crippen LogP contribution in [0.4, 0.5) is 0 Å². The molecule has 78 valence electrons. The Bertz CT molecular complexity index is 394. The highest BCUT2D eigenvalue weighted by Gasteiger charge is 2.16. The Morgan fingerprint density at radius 3 is 2.40 bits per heavy atom. The van der Waals surface area contributed by atoms with E-state index < -0.39 is 5.60 Å². The Labute approximate surface area is 90.3 Å². The van der Waals surface area contributed by atoms with E-state index in [4.69, 9.17) is 4.74 Å². The van der Waals surface area contributed by atoms with Gasteiger partial charge in [-0.3, -0.25) is 4.79 Å². The van der Waals surface area contributed by atoms with Crippen molar-refractivity contribution in [3.63, 3.8) is 0 Å². The van der Waals surface area contributed by atoms with Gasteiger partial charge in [-0.05, 0) is 26.0 Å². The number of hydrogen-bond donors (Lipinski definition) is 0. The summed E-state index contributed by atoms with van der Waals surface area (Å²) < 4.78 is 5.05. The molecule has 0 amide bonds. The van der Waals surface area contributed by atoms with E-state index >= 15 is 0 Å². The van der Waals surface area contributed by atoms with Crippen molar-refractivity contribution in [2.45, 2.75) is 26.4 Å². The second-order valence-electron chi connectivity index (χ2n) is 3.72. The molecule has 0 N–H and O–H groups in total. The average Bonchev–Trinajstić information content (AvgIpc) is 2.15. The zero-order valence-corrected chi connectivity index (χ0v) is 9.20. The molecule has 2 heteroatoms. The van der Waals surface area contributed by atoms with Gasteiger partial charge in [-0.1, -0.05) is 30.0 Å². The standard InChI is InChI=1S/C13H14O2/c1-11(14)15-13(2,3)10-9-12-7-5-4-6-8-12/h4-8H,1-3H3. The quantitative estimate of drug-likeness (QED) is 0.516. The third-order valence-corrected chi connectivity index (χ3v) is 1.68. The highest BCUT2D eigenvalue weighted by molar-refractivity contribution is 5.67. The SMILES string of the molecule is CC(=O)OC(C)(C)C#Cc1ccccc1. The van der Waals surface area contributed by atoms with Crippen LogP contribution in [0, 0.1) is 11.8 Å². The van der Waals surface area contributed by atoms with Crippen LogP contribution in [0.1, 0.15) is 26.3 Å². The first kappa shape index (κ1) is 11.3. The van der Waals surface area contributed by atoms with Crippen LogP contribution in [0.2, 0.25) is 0 Å².